The molecule has 0 aromatic heterocycles. The Morgan fingerprint density at radius 3 is 2.58 bits per heavy atom. The first-order valence-electron chi connectivity index (χ1n) is 8.74. The summed E-state index contributed by atoms with van der Waals surface area (Å²) in [6.45, 7) is 7.25. The number of carbonyl (C=O) groups excluding carboxylic acids is 2. The predicted octanol–water partition coefficient (Wildman–Crippen LogP) is 2.04. The number of piperidine rings is 1. The van der Waals surface area contributed by atoms with Crippen molar-refractivity contribution in [1.29, 1.82) is 0 Å². The highest BCUT2D eigenvalue weighted by molar-refractivity contribution is 5.95. The van der Waals surface area contributed by atoms with Crippen LogP contribution in [-0.2, 0) is 4.79 Å². The molecule has 1 unspecified atom stereocenters. The monoisotopic (exact) mass is 332 g/mol. The number of amides is 2. The van der Waals surface area contributed by atoms with Crippen LogP contribution in [0.2, 0.25) is 0 Å². The van der Waals surface area contributed by atoms with Crippen LogP contribution in [0.15, 0.2) is 18.2 Å². The molecule has 1 saturated heterocycles. The number of hydrogen-bond acceptors (Lipinski definition) is 3. The molecule has 5 heteroatoms. The molecule has 5 nitrogen and oxygen atoms in total. The minimum Gasteiger partial charge on any atom is -0.391 e. The van der Waals surface area contributed by atoms with E-state index in [1.54, 1.807) is 4.90 Å². The molecule has 1 aliphatic rings. The average Bonchev–Trinajstić information content (AvgIpc) is 2.57. The molecule has 0 saturated carbocycles. The van der Waals surface area contributed by atoms with Crippen molar-refractivity contribution in [2.24, 2.45) is 5.92 Å². The van der Waals surface area contributed by atoms with Crippen LogP contribution in [0.1, 0.15) is 47.7 Å². The highest BCUT2D eigenvalue weighted by Gasteiger charge is 2.29. The number of aliphatic hydroxyl groups excluding tert-OH is 1. The van der Waals surface area contributed by atoms with Crippen molar-refractivity contribution in [2.45, 2.75) is 46.1 Å². The maximum atomic E-state index is 12.7. The molecule has 0 aliphatic carbocycles. The van der Waals surface area contributed by atoms with Gasteiger partial charge in [-0.15, -0.1) is 0 Å². The van der Waals surface area contributed by atoms with Gasteiger partial charge in [-0.2, -0.15) is 0 Å². The second-order valence-corrected chi connectivity index (χ2v) is 6.77. The van der Waals surface area contributed by atoms with Crippen LogP contribution in [0, 0.1) is 19.8 Å². The Morgan fingerprint density at radius 1 is 1.29 bits per heavy atom. The van der Waals surface area contributed by atoms with Gasteiger partial charge in [0.2, 0.25) is 5.91 Å². The van der Waals surface area contributed by atoms with Gasteiger partial charge in [-0.1, -0.05) is 24.1 Å². The van der Waals surface area contributed by atoms with E-state index in [4.69, 9.17) is 0 Å². The summed E-state index contributed by atoms with van der Waals surface area (Å²) in [4.78, 5) is 26.8. The van der Waals surface area contributed by atoms with Crippen LogP contribution in [0.3, 0.4) is 0 Å². The van der Waals surface area contributed by atoms with Gasteiger partial charge in [-0.3, -0.25) is 9.59 Å². The second-order valence-electron chi connectivity index (χ2n) is 6.77. The van der Waals surface area contributed by atoms with Gasteiger partial charge in [0.1, 0.15) is 0 Å². The number of nitrogens with one attached hydrogen (secondary N) is 1. The number of carbonyl (C=O) groups is 2. The van der Waals surface area contributed by atoms with Crippen LogP contribution >= 0.6 is 0 Å². The first kappa shape index (κ1) is 18.5. The topological polar surface area (TPSA) is 69.6 Å². The summed E-state index contributed by atoms with van der Waals surface area (Å²) in [5.41, 5.74) is 2.83. The van der Waals surface area contributed by atoms with Gasteiger partial charge in [-0.25, -0.2) is 0 Å². The zero-order chi connectivity index (χ0) is 17.7. The lowest BCUT2D eigenvalue weighted by atomic mass is 9.96. The largest absolute Gasteiger partial charge is 0.391 e. The van der Waals surface area contributed by atoms with Crippen molar-refractivity contribution in [3.63, 3.8) is 0 Å². The van der Waals surface area contributed by atoms with Gasteiger partial charge < -0.3 is 15.3 Å². The smallest absolute Gasteiger partial charge is 0.253 e. The lowest BCUT2D eigenvalue weighted by Crippen LogP contribution is -2.46. The van der Waals surface area contributed by atoms with E-state index in [0.717, 1.165) is 24.0 Å². The molecule has 1 aliphatic heterocycles. The van der Waals surface area contributed by atoms with Crippen molar-refractivity contribution >= 4 is 11.8 Å². The van der Waals surface area contributed by atoms with Gasteiger partial charge in [-0.05, 0) is 45.2 Å². The van der Waals surface area contributed by atoms with E-state index in [1.165, 1.54) is 0 Å². The molecular weight excluding hydrogens is 304 g/mol. The molecule has 1 aromatic rings. The molecule has 132 valence electrons. The summed E-state index contributed by atoms with van der Waals surface area (Å²) >= 11 is 0. The number of nitrogens with zero attached hydrogens (tertiary/aromatic N) is 1. The quantitative estimate of drug-likeness (QED) is 0.867. The minimum atomic E-state index is -0.509. The number of likely N-dealkylation sites (tertiary alicyclic amines) is 1. The summed E-state index contributed by atoms with van der Waals surface area (Å²) in [5, 5.41) is 12.4. The highest BCUT2D eigenvalue weighted by atomic mass is 16.3. The standard InChI is InChI=1S/C19H28N2O3/c1-4-17(22)11-20-18(23)15-6-5-7-21(12-15)19(24)16-9-13(2)8-14(3)10-16/h8-10,15,17,22H,4-7,11-12H2,1-3H3,(H,20,23)/t15?,17-/m1/s1. The Balaban J connectivity index is 1.99. The summed E-state index contributed by atoms with van der Waals surface area (Å²) < 4.78 is 0. The van der Waals surface area contributed by atoms with E-state index >= 15 is 0 Å². The zero-order valence-corrected chi connectivity index (χ0v) is 14.8. The molecule has 2 amide bonds. The Bertz CT molecular complexity index is 580. The predicted molar refractivity (Wildman–Crippen MR) is 93.9 cm³/mol. The maximum Gasteiger partial charge on any atom is 0.253 e. The molecule has 0 spiro atoms. The first-order chi connectivity index (χ1) is 11.4. The fourth-order valence-electron chi connectivity index (χ4n) is 3.16. The third-order valence-corrected chi connectivity index (χ3v) is 4.53. The van der Waals surface area contributed by atoms with Crippen molar-refractivity contribution in [1.82, 2.24) is 10.2 Å². The maximum absolute atomic E-state index is 12.7. The average molecular weight is 332 g/mol. The van der Waals surface area contributed by atoms with E-state index in [1.807, 2.05) is 39.0 Å². The fraction of sp³-hybridized carbons (Fsp3) is 0.579. The van der Waals surface area contributed by atoms with Gasteiger partial charge in [0.15, 0.2) is 0 Å². The van der Waals surface area contributed by atoms with E-state index in [2.05, 4.69) is 5.32 Å². The van der Waals surface area contributed by atoms with Crippen molar-refractivity contribution < 1.29 is 14.7 Å². The molecule has 2 rings (SSSR count). The molecule has 2 atom stereocenters. The normalized spacial score (nSPS) is 19.0. The van der Waals surface area contributed by atoms with Crippen LogP contribution in [0.5, 0.6) is 0 Å². The van der Waals surface area contributed by atoms with Gasteiger partial charge in [0.05, 0.1) is 12.0 Å². The number of benzene rings is 1. The van der Waals surface area contributed by atoms with Gasteiger partial charge in [0, 0.05) is 25.2 Å². The van der Waals surface area contributed by atoms with E-state index < -0.39 is 6.10 Å². The Hall–Kier alpha value is -1.88. The lowest BCUT2D eigenvalue weighted by molar-refractivity contribution is -0.126. The zero-order valence-electron chi connectivity index (χ0n) is 14.8. The summed E-state index contributed by atoms with van der Waals surface area (Å²) in [6, 6.07) is 5.84. The van der Waals surface area contributed by atoms with E-state index in [9.17, 15) is 14.7 Å². The van der Waals surface area contributed by atoms with Crippen molar-refractivity contribution in [3.05, 3.63) is 34.9 Å². The lowest BCUT2D eigenvalue weighted by Gasteiger charge is -2.32. The minimum absolute atomic E-state index is 0.00658. The molecule has 1 aromatic carbocycles. The Labute approximate surface area is 144 Å². The van der Waals surface area contributed by atoms with Gasteiger partial charge in [0.25, 0.3) is 5.91 Å². The third kappa shape index (κ3) is 4.81. The summed E-state index contributed by atoms with van der Waals surface area (Å²) in [5.74, 6) is -0.272. The molecule has 24 heavy (non-hydrogen) atoms. The Kier molecular flexibility index (Phi) is 6.37. The highest BCUT2D eigenvalue weighted by Crippen LogP contribution is 2.20. The van der Waals surface area contributed by atoms with Crippen LogP contribution in [0.25, 0.3) is 0 Å². The molecule has 0 bridgehead atoms. The molecule has 1 heterocycles. The van der Waals surface area contributed by atoms with Crippen LogP contribution in [-0.4, -0.2) is 47.6 Å². The first-order valence-corrected chi connectivity index (χ1v) is 8.74. The number of aliphatic hydroxyl groups is 1. The number of aryl methyl sites for hydroxylation is 2. The molecule has 2 N–H and O–H groups in total. The summed E-state index contributed by atoms with van der Waals surface area (Å²) in [7, 11) is 0. The third-order valence-electron chi connectivity index (χ3n) is 4.53. The van der Waals surface area contributed by atoms with E-state index in [-0.39, 0.29) is 24.3 Å². The second kappa shape index (κ2) is 8.29. The van der Waals surface area contributed by atoms with Crippen LogP contribution in [0.4, 0.5) is 0 Å². The number of rotatable bonds is 5. The SMILES string of the molecule is CC[C@@H](O)CNC(=O)C1CCCN(C(=O)c2cc(C)cc(C)c2)C1. The fourth-order valence-corrected chi connectivity index (χ4v) is 3.16. The summed E-state index contributed by atoms with van der Waals surface area (Å²) in [6.07, 6.45) is 1.71. The van der Waals surface area contributed by atoms with Gasteiger partial charge >= 0.3 is 0 Å². The van der Waals surface area contributed by atoms with Crippen molar-refractivity contribution in [2.75, 3.05) is 19.6 Å². The van der Waals surface area contributed by atoms with E-state index in [0.29, 0.717) is 25.1 Å². The molecular formula is C19H28N2O3. The molecule has 1 fully saturated rings. The molecule has 0 radical (unpaired) electrons. The van der Waals surface area contributed by atoms with Crippen LogP contribution < -0.4 is 5.32 Å². The number of hydrogen-bond donors (Lipinski definition) is 2. The Morgan fingerprint density at radius 2 is 1.96 bits per heavy atom. The van der Waals surface area contributed by atoms with Crippen molar-refractivity contribution in [3.8, 4) is 0 Å².